The van der Waals surface area contributed by atoms with Gasteiger partial charge in [0.1, 0.15) is 21.2 Å². The summed E-state index contributed by atoms with van der Waals surface area (Å²) in [6.45, 7) is 22.9. The van der Waals surface area contributed by atoms with Crippen LogP contribution in [-0.2, 0) is 0 Å². The molecule has 0 bridgehead atoms. The van der Waals surface area contributed by atoms with E-state index in [0.29, 0.717) is 11.1 Å². The van der Waals surface area contributed by atoms with Crippen molar-refractivity contribution in [3.8, 4) is 0 Å². The van der Waals surface area contributed by atoms with Crippen LogP contribution in [0.1, 0.15) is 55.4 Å². The quantitative estimate of drug-likeness (QED) is 0.317. The van der Waals surface area contributed by atoms with Gasteiger partial charge >= 0.3 is 0 Å². The average Bonchev–Trinajstić information content (AvgIpc) is 2.73. The van der Waals surface area contributed by atoms with Crippen molar-refractivity contribution in [2.45, 2.75) is 66.5 Å². The largest absolute Gasteiger partial charge is 0.372 e. The molecule has 1 aromatic rings. The lowest BCUT2D eigenvalue weighted by Gasteiger charge is -2.45. The number of aliphatic imine (C=N–C) groups is 1. The molecule has 30 heavy (non-hydrogen) atoms. The minimum Gasteiger partial charge on any atom is -0.372 e. The van der Waals surface area contributed by atoms with Crippen molar-refractivity contribution in [2.24, 2.45) is 4.99 Å². The van der Waals surface area contributed by atoms with E-state index in [4.69, 9.17) is 4.99 Å². The number of benzene rings is 1. The highest BCUT2D eigenvalue weighted by Crippen LogP contribution is 2.44. The van der Waals surface area contributed by atoms with E-state index in [0.717, 1.165) is 26.2 Å². The van der Waals surface area contributed by atoms with Gasteiger partial charge < -0.3 is 4.90 Å². The molecule has 0 aromatic heterocycles. The number of anilines is 1. The molecule has 1 aliphatic carbocycles. The van der Waals surface area contributed by atoms with Gasteiger partial charge in [-0.1, -0.05) is 27.7 Å². The van der Waals surface area contributed by atoms with Gasteiger partial charge in [0.05, 0.1) is 11.4 Å². The summed E-state index contributed by atoms with van der Waals surface area (Å²) in [6, 6.07) is 7.03. The molecule has 0 spiro atoms. The summed E-state index contributed by atoms with van der Waals surface area (Å²) in [5.74, 6) is 0. The van der Waals surface area contributed by atoms with E-state index in [1.54, 1.807) is 0 Å². The van der Waals surface area contributed by atoms with E-state index in [2.05, 4.69) is 101 Å². The highest BCUT2D eigenvalue weighted by Gasteiger charge is 2.50. The summed E-state index contributed by atoms with van der Waals surface area (Å²) >= 11 is 0. The molecular weight excluding hydrogens is 382 g/mol. The lowest BCUT2D eigenvalue weighted by Crippen LogP contribution is -2.59. The Kier molecular flexibility index (Phi) is 6.86. The van der Waals surface area contributed by atoms with Crippen LogP contribution in [0, 0.1) is 0 Å². The van der Waals surface area contributed by atoms with Crippen molar-refractivity contribution in [1.29, 1.82) is 0 Å². The van der Waals surface area contributed by atoms with Crippen LogP contribution in [0.3, 0.4) is 0 Å². The van der Waals surface area contributed by atoms with Crippen molar-refractivity contribution in [3.63, 3.8) is 0 Å². The molecule has 0 amide bonds. The third kappa shape index (κ3) is 3.53. The van der Waals surface area contributed by atoms with E-state index in [-0.39, 0.29) is 0 Å². The number of allylic oxidation sites excluding steroid dienone is 4. The van der Waals surface area contributed by atoms with Crippen LogP contribution in [0.5, 0.6) is 0 Å². The van der Waals surface area contributed by atoms with Crippen LogP contribution < -0.4 is 10.1 Å². The minimum absolute atomic E-state index is 0.601. The monoisotopic (exact) mass is 422 g/mol. The van der Waals surface area contributed by atoms with Gasteiger partial charge in [0.15, 0.2) is 5.71 Å². The second-order valence-corrected chi connectivity index (χ2v) is 14.2. The molecule has 0 radical (unpaired) electrons. The normalized spacial score (nSPS) is 16.9. The summed E-state index contributed by atoms with van der Waals surface area (Å²) < 4.78 is 2.46. The first-order valence-corrected chi connectivity index (χ1v) is 14.0. The van der Waals surface area contributed by atoms with Crippen molar-refractivity contribution in [2.75, 3.05) is 31.1 Å². The molecule has 0 unspecified atom stereocenters. The molecule has 1 aromatic carbocycles. The van der Waals surface area contributed by atoms with Crippen molar-refractivity contribution in [3.05, 3.63) is 41.6 Å². The average molecular weight is 423 g/mol. The smallest absolute Gasteiger partial charge is 0.199 e. The van der Waals surface area contributed by atoms with E-state index in [1.165, 1.54) is 33.2 Å². The Morgan fingerprint density at radius 2 is 1.57 bits per heavy atom. The fraction of sp³-hybridized carbons (Fsp3) is 0.538. The van der Waals surface area contributed by atoms with Crippen LogP contribution in [0.4, 0.5) is 11.4 Å². The molecule has 1 aliphatic heterocycles. The van der Waals surface area contributed by atoms with Crippen LogP contribution in [-0.4, -0.2) is 50.3 Å². The zero-order chi connectivity index (χ0) is 22.1. The number of nitrogens with zero attached hydrogens (tertiary/aromatic N) is 3. The SMILES string of the molecule is CCN(CC)c1ccc2c(c1)[Si](C(C)C)(C(C)C)C1=CC(=[N+](CC)CC)C=CC1=N2. The first-order chi connectivity index (χ1) is 14.3. The number of fused-ring (bicyclic) bond motifs is 2. The topological polar surface area (TPSA) is 18.6 Å². The Hall–Kier alpha value is -1.94. The van der Waals surface area contributed by atoms with Crippen LogP contribution in [0.15, 0.2) is 46.6 Å². The van der Waals surface area contributed by atoms with Crippen LogP contribution >= 0.6 is 0 Å². The van der Waals surface area contributed by atoms with E-state index >= 15 is 0 Å². The highest BCUT2D eigenvalue weighted by molar-refractivity contribution is 7.04. The Morgan fingerprint density at radius 1 is 0.933 bits per heavy atom. The molecule has 4 heteroatoms. The number of rotatable bonds is 7. The molecule has 2 aliphatic rings. The van der Waals surface area contributed by atoms with Crippen molar-refractivity contribution in [1.82, 2.24) is 0 Å². The molecule has 3 nitrogen and oxygen atoms in total. The van der Waals surface area contributed by atoms with Gasteiger partial charge in [-0.25, -0.2) is 9.57 Å². The number of hydrogen-bond acceptors (Lipinski definition) is 2. The summed E-state index contributed by atoms with van der Waals surface area (Å²) in [7, 11) is -2.03. The number of hydrogen-bond donors (Lipinski definition) is 0. The summed E-state index contributed by atoms with van der Waals surface area (Å²) in [4.78, 5) is 7.63. The Balaban J connectivity index is 2.34. The standard InChI is InChI=1S/C26H40N3Si/c1-9-28(10-2)21-13-15-23-25(17-21)30(19(5)6,20(7)8)26-18-22(29(11-3)12-4)14-16-24(26)27-23/h13-20H,9-12H2,1-8H3/q+1. The Labute approximate surface area is 184 Å². The predicted molar refractivity (Wildman–Crippen MR) is 136 cm³/mol. The Bertz CT molecular complexity index is 900. The fourth-order valence-corrected chi connectivity index (χ4v) is 11.7. The van der Waals surface area contributed by atoms with Gasteiger partial charge in [0.2, 0.25) is 0 Å². The lowest BCUT2D eigenvalue weighted by molar-refractivity contribution is -0.519. The summed E-state index contributed by atoms with van der Waals surface area (Å²) in [5.41, 5.74) is 6.28. The van der Waals surface area contributed by atoms with Gasteiger partial charge in [0.25, 0.3) is 0 Å². The molecule has 0 atom stereocenters. The van der Waals surface area contributed by atoms with Gasteiger partial charge in [-0.15, -0.1) is 0 Å². The van der Waals surface area contributed by atoms with Gasteiger partial charge in [0, 0.05) is 30.9 Å². The maximum atomic E-state index is 5.17. The molecule has 3 rings (SSSR count). The van der Waals surface area contributed by atoms with Crippen LogP contribution in [0.25, 0.3) is 0 Å². The van der Waals surface area contributed by atoms with E-state index in [1.807, 2.05) is 0 Å². The van der Waals surface area contributed by atoms with Crippen molar-refractivity contribution >= 4 is 36.1 Å². The first kappa shape index (κ1) is 22.7. The molecule has 1 heterocycles. The van der Waals surface area contributed by atoms with Gasteiger partial charge in [-0.3, -0.25) is 0 Å². The predicted octanol–water partition coefficient (Wildman–Crippen LogP) is 5.62. The minimum atomic E-state index is -2.03. The van der Waals surface area contributed by atoms with Crippen molar-refractivity contribution < 1.29 is 4.58 Å². The Morgan fingerprint density at radius 3 is 2.10 bits per heavy atom. The molecule has 0 fully saturated rings. The molecule has 0 saturated heterocycles. The maximum Gasteiger partial charge on any atom is 0.199 e. The summed E-state index contributed by atoms with van der Waals surface area (Å²) in [5, 5.41) is 3.06. The molecule has 0 N–H and O–H groups in total. The zero-order valence-corrected chi connectivity index (χ0v) is 21.3. The van der Waals surface area contributed by atoms with E-state index < -0.39 is 8.07 Å². The van der Waals surface area contributed by atoms with Gasteiger partial charge in [-0.2, -0.15) is 0 Å². The third-order valence-corrected chi connectivity index (χ3v) is 13.4. The van der Waals surface area contributed by atoms with E-state index in [9.17, 15) is 0 Å². The molecular formula is C26H40N3Si+. The summed E-state index contributed by atoms with van der Waals surface area (Å²) in [6.07, 6.45) is 7.03. The molecule has 162 valence electrons. The second-order valence-electron chi connectivity index (χ2n) is 9.04. The zero-order valence-electron chi connectivity index (χ0n) is 20.3. The highest BCUT2D eigenvalue weighted by atomic mass is 28.3. The van der Waals surface area contributed by atoms with Gasteiger partial charge in [-0.05, 0) is 73.4 Å². The second kappa shape index (κ2) is 9.05. The maximum absolute atomic E-state index is 5.17. The third-order valence-electron chi connectivity index (χ3n) is 7.17. The fourth-order valence-electron chi connectivity index (χ4n) is 5.66. The lowest BCUT2D eigenvalue weighted by atomic mass is 10.1. The molecule has 0 saturated carbocycles. The van der Waals surface area contributed by atoms with Crippen LogP contribution in [0.2, 0.25) is 11.1 Å². The first-order valence-electron chi connectivity index (χ1n) is 11.9.